The molecule has 0 saturated carbocycles. The van der Waals surface area contributed by atoms with Gasteiger partial charge in [0, 0.05) is 34.1 Å². The third kappa shape index (κ3) is 3.40. The first-order valence-electron chi connectivity index (χ1n) is 6.04. The Morgan fingerprint density at radius 3 is 2.65 bits per heavy atom. The summed E-state index contributed by atoms with van der Waals surface area (Å²) in [5.74, 6) is 0.0161. The van der Waals surface area contributed by atoms with Gasteiger partial charge in [-0.05, 0) is 13.8 Å². The van der Waals surface area contributed by atoms with Gasteiger partial charge < -0.3 is 19.1 Å². The van der Waals surface area contributed by atoms with Gasteiger partial charge in [-0.25, -0.2) is 0 Å². The Hall–Kier alpha value is -0.650. The molecule has 4 unspecified atom stereocenters. The molecular formula is C12H23NO4. The van der Waals surface area contributed by atoms with Crippen LogP contribution in [-0.4, -0.2) is 56.1 Å². The van der Waals surface area contributed by atoms with Crippen molar-refractivity contribution in [2.75, 3.05) is 20.8 Å². The second-order valence-electron chi connectivity index (χ2n) is 4.36. The Labute approximate surface area is 103 Å². The van der Waals surface area contributed by atoms with Crippen LogP contribution in [0.1, 0.15) is 27.2 Å². The maximum absolute atomic E-state index is 11.4. The molecule has 1 aliphatic rings. The summed E-state index contributed by atoms with van der Waals surface area (Å²) in [4.78, 5) is 13.1. The fourth-order valence-corrected chi connectivity index (χ4v) is 2.31. The molecule has 100 valence electrons. The molecule has 0 spiro atoms. The SMILES string of the molecule is CCOC1CC(OC)C(N(C)C(C)=O)C(C)O1. The Kier molecular flexibility index (Phi) is 5.36. The zero-order valence-electron chi connectivity index (χ0n) is 11.3. The monoisotopic (exact) mass is 245 g/mol. The lowest BCUT2D eigenvalue weighted by Crippen LogP contribution is -2.57. The molecule has 1 heterocycles. The molecule has 17 heavy (non-hydrogen) atoms. The molecule has 0 aromatic carbocycles. The van der Waals surface area contributed by atoms with Crippen molar-refractivity contribution >= 4 is 5.91 Å². The minimum atomic E-state index is -0.239. The first-order valence-corrected chi connectivity index (χ1v) is 6.04. The number of nitrogens with zero attached hydrogens (tertiary/aromatic N) is 1. The van der Waals surface area contributed by atoms with Gasteiger partial charge in [0.2, 0.25) is 5.91 Å². The van der Waals surface area contributed by atoms with E-state index in [1.54, 1.807) is 26.0 Å². The summed E-state index contributed by atoms with van der Waals surface area (Å²) in [7, 11) is 3.44. The van der Waals surface area contributed by atoms with Gasteiger partial charge in [0.1, 0.15) is 0 Å². The number of likely N-dealkylation sites (N-methyl/N-ethyl adjacent to an activating group) is 1. The topological polar surface area (TPSA) is 48.0 Å². The molecule has 0 aliphatic carbocycles. The van der Waals surface area contributed by atoms with E-state index in [9.17, 15) is 4.79 Å². The molecule has 1 aliphatic heterocycles. The molecule has 1 amide bonds. The highest BCUT2D eigenvalue weighted by Gasteiger charge is 2.40. The van der Waals surface area contributed by atoms with Crippen molar-refractivity contribution in [3.05, 3.63) is 0 Å². The van der Waals surface area contributed by atoms with Crippen molar-refractivity contribution in [3.8, 4) is 0 Å². The lowest BCUT2D eigenvalue weighted by molar-refractivity contribution is -0.234. The predicted molar refractivity (Wildman–Crippen MR) is 63.6 cm³/mol. The second-order valence-corrected chi connectivity index (χ2v) is 4.36. The number of hydrogen-bond acceptors (Lipinski definition) is 4. The molecule has 0 aromatic rings. The predicted octanol–water partition coefficient (Wildman–Crippen LogP) is 1.02. The van der Waals surface area contributed by atoms with Gasteiger partial charge in [0.15, 0.2) is 6.29 Å². The van der Waals surface area contributed by atoms with Crippen LogP contribution in [0.25, 0.3) is 0 Å². The highest BCUT2D eigenvalue weighted by molar-refractivity contribution is 5.73. The smallest absolute Gasteiger partial charge is 0.219 e. The number of amides is 1. The molecule has 0 N–H and O–H groups in total. The van der Waals surface area contributed by atoms with Gasteiger partial charge in [-0.2, -0.15) is 0 Å². The summed E-state index contributed by atoms with van der Waals surface area (Å²) in [5, 5.41) is 0. The van der Waals surface area contributed by atoms with E-state index in [1.807, 2.05) is 13.8 Å². The van der Waals surface area contributed by atoms with Crippen LogP contribution in [0.15, 0.2) is 0 Å². The van der Waals surface area contributed by atoms with E-state index in [0.717, 1.165) is 0 Å². The van der Waals surface area contributed by atoms with Crippen molar-refractivity contribution in [1.82, 2.24) is 4.90 Å². The maximum Gasteiger partial charge on any atom is 0.219 e. The molecule has 5 heteroatoms. The van der Waals surface area contributed by atoms with E-state index < -0.39 is 0 Å². The number of carbonyl (C=O) groups excluding carboxylic acids is 1. The number of ether oxygens (including phenoxy) is 3. The van der Waals surface area contributed by atoms with Crippen LogP contribution >= 0.6 is 0 Å². The molecule has 1 rings (SSSR count). The summed E-state index contributed by atoms with van der Waals surface area (Å²) in [5.41, 5.74) is 0. The second kappa shape index (κ2) is 6.33. The lowest BCUT2D eigenvalue weighted by Gasteiger charge is -2.43. The van der Waals surface area contributed by atoms with Gasteiger partial charge in [0.05, 0.1) is 18.2 Å². The third-order valence-corrected chi connectivity index (χ3v) is 3.25. The molecule has 1 fully saturated rings. The highest BCUT2D eigenvalue weighted by atomic mass is 16.7. The molecule has 0 bridgehead atoms. The van der Waals surface area contributed by atoms with Gasteiger partial charge in [0.25, 0.3) is 0 Å². The summed E-state index contributed by atoms with van der Waals surface area (Å²) in [6, 6.07) is -0.0609. The van der Waals surface area contributed by atoms with Crippen LogP contribution in [0, 0.1) is 0 Å². The standard InChI is InChI=1S/C12H23NO4/c1-6-16-11-7-10(15-5)12(8(2)17-11)13(4)9(3)14/h8,10-12H,6-7H2,1-5H3. The lowest BCUT2D eigenvalue weighted by atomic mass is 9.98. The Balaban J connectivity index is 2.74. The van der Waals surface area contributed by atoms with Crippen molar-refractivity contribution in [3.63, 3.8) is 0 Å². The van der Waals surface area contributed by atoms with Gasteiger partial charge >= 0.3 is 0 Å². The summed E-state index contributed by atoms with van der Waals surface area (Å²) in [6.45, 7) is 6.04. The van der Waals surface area contributed by atoms with Crippen LogP contribution in [0.3, 0.4) is 0 Å². The van der Waals surface area contributed by atoms with Crippen LogP contribution < -0.4 is 0 Å². The maximum atomic E-state index is 11.4. The van der Waals surface area contributed by atoms with Crippen LogP contribution in [0.2, 0.25) is 0 Å². The average molecular weight is 245 g/mol. The molecular weight excluding hydrogens is 222 g/mol. The summed E-state index contributed by atoms with van der Waals surface area (Å²) in [6.07, 6.45) is 0.261. The van der Waals surface area contributed by atoms with Crippen molar-refractivity contribution in [2.24, 2.45) is 0 Å². The first-order chi connectivity index (χ1) is 8.01. The largest absolute Gasteiger partial charge is 0.379 e. The van der Waals surface area contributed by atoms with E-state index in [0.29, 0.717) is 13.0 Å². The quantitative estimate of drug-likeness (QED) is 0.742. The molecule has 4 atom stereocenters. The molecule has 0 aromatic heterocycles. The van der Waals surface area contributed by atoms with Gasteiger partial charge in [-0.15, -0.1) is 0 Å². The fraction of sp³-hybridized carbons (Fsp3) is 0.917. The van der Waals surface area contributed by atoms with Crippen molar-refractivity contribution < 1.29 is 19.0 Å². The first kappa shape index (κ1) is 14.4. The zero-order chi connectivity index (χ0) is 13.0. The zero-order valence-corrected chi connectivity index (χ0v) is 11.3. The van der Waals surface area contributed by atoms with Crippen LogP contribution in [0.5, 0.6) is 0 Å². The fourth-order valence-electron chi connectivity index (χ4n) is 2.31. The van der Waals surface area contributed by atoms with E-state index >= 15 is 0 Å². The normalized spacial score (nSPS) is 33.5. The van der Waals surface area contributed by atoms with Crippen molar-refractivity contribution in [2.45, 2.75) is 51.7 Å². The number of carbonyl (C=O) groups is 1. The Morgan fingerprint density at radius 1 is 1.53 bits per heavy atom. The Bertz CT molecular complexity index is 259. The molecule has 0 radical (unpaired) electrons. The third-order valence-electron chi connectivity index (χ3n) is 3.25. The Morgan fingerprint density at radius 2 is 2.18 bits per heavy atom. The van der Waals surface area contributed by atoms with Crippen LogP contribution in [0.4, 0.5) is 0 Å². The highest BCUT2D eigenvalue weighted by Crippen LogP contribution is 2.26. The number of methoxy groups -OCH3 is 1. The average Bonchev–Trinajstić information content (AvgIpc) is 2.27. The molecule has 1 saturated heterocycles. The van der Waals surface area contributed by atoms with Gasteiger partial charge in [-0.3, -0.25) is 4.79 Å². The number of hydrogen-bond donors (Lipinski definition) is 0. The summed E-state index contributed by atoms with van der Waals surface area (Å²) >= 11 is 0. The minimum Gasteiger partial charge on any atom is -0.379 e. The van der Waals surface area contributed by atoms with E-state index in [1.165, 1.54) is 0 Å². The molecule has 5 nitrogen and oxygen atoms in total. The van der Waals surface area contributed by atoms with E-state index in [-0.39, 0.29) is 30.4 Å². The summed E-state index contributed by atoms with van der Waals surface area (Å²) < 4.78 is 16.7. The minimum absolute atomic E-state index is 0.0161. The van der Waals surface area contributed by atoms with Gasteiger partial charge in [-0.1, -0.05) is 0 Å². The van der Waals surface area contributed by atoms with Crippen molar-refractivity contribution in [1.29, 1.82) is 0 Å². The van der Waals surface area contributed by atoms with Crippen LogP contribution in [-0.2, 0) is 19.0 Å². The number of rotatable bonds is 4. The van der Waals surface area contributed by atoms with E-state index in [4.69, 9.17) is 14.2 Å². The van der Waals surface area contributed by atoms with E-state index in [2.05, 4.69) is 0 Å².